The molecule has 216 valence electrons. The van der Waals surface area contributed by atoms with E-state index in [1.807, 2.05) is 24.3 Å². The van der Waals surface area contributed by atoms with Gasteiger partial charge in [0.1, 0.15) is 30.5 Å². The van der Waals surface area contributed by atoms with Gasteiger partial charge in [-0.15, -0.1) is 0 Å². The smallest absolute Gasteiger partial charge is 0.306 e. The quantitative estimate of drug-likeness (QED) is 0.287. The number of methoxy groups -OCH3 is 1. The van der Waals surface area contributed by atoms with E-state index in [9.17, 15) is 13.2 Å². The molecule has 0 aromatic heterocycles. The molecular weight excluding hydrogens is 542 g/mol. The number of esters is 1. The van der Waals surface area contributed by atoms with Gasteiger partial charge in [-0.25, -0.2) is 8.42 Å². The van der Waals surface area contributed by atoms with E-state index in [4.69, 9.17) is 18.9 Å². The Labute approximate surface area is 241 Å². The van der Waals surface area contributed by atoms with Crippen LogP contribution in [0.3, 0.4) is 0 Å². The van der Waals surface area contributed by atoms with Crippen LogP contribution in [0.25, 0.3) is 11.1 Å². The van der Waals surface area contributed by atoms with E-state index in [1.165, 1.54) is 22.5 Å². The highest BCUT2D eigenvalue weighted by Gasteiger charge is 2.29. The van der Waals surface area contributed by atoms with Crippen LogP contribution < -0.4 is 14.2 Å². The van der Waals surface area contributed by atoms with Gasteiger partial charge in [0.15, 0.2) is 0 Å². The lowest BCUT2D eigenvalue weighted by Crippen LogP contribution is -2.30. The van der Waals surface area contributed by atoms with Crippen LogP contribution in [0.15, 0.2) is 60.7 Å². The highest BCUT2D eigenvalue weighted by Crippen LogP contribution is 2.46. The maximum absolute atomic E-state index is 12.1. The van der Waals surface area contributed by atoms with Gasteiger partial charge >= 0.3 is 5.97 Å². The van der Waals surface area contributed by atoms with Crippen molar-refractivity contribution in [1.29, 1.82) is 0 Å². The Morgan fingerprint density at radius 3 is 2.61 bits per heavy atom. The van der Waals surface area contributed by atoms with Crippen molar-refractivity contribution < 1.29 is 32.2 Å². The first-order valence-electron chi connectivity index (χ1n) is 14.2. The molecule has 1 aliphatic carbocycles. The molecule has 0 amide bonds. The van der Waals surface area contributed by atoms with Gasteiger partial charge in [-0.2, -0.15) is 4.31 Å². The van der Waals surface area contributed by atoms with E-state index in [-0.39, 0.29) is 17.6 Å². The number of nitrogens with zero attached hydrogens (tertiary/aromatic N) is 1. The summed E-state index contributed by atoms with van der Waals surface area (Å²) in [5.74, 6) is 2.76. The molecular formula is C32H35NO7S. The van der Waals surface area contributed by atoms with E-state index >= 15 is 0 Å². The molecule has 0 unspecified atom stereocenters. The molecule has 1 saturated carbocycles. The molecule has 6 rings (SSSR count). The van der Waals surface area contributed by atoms with Gasteiger partial charge < -0.3 is 18.9 Å². The number of carbonyl (C=O) groups is 1. The fraction of sp³-hybridized carbons (Fsp3) is 0.406. The zero-order valence-corrected chi connectivity index (χ0v) is 24.0. The Morgan fingerprint density at radius 2 is 1.83 bits per heavy atom. The molecule has 0 radical (unpaired) electrons. The first kappa shape index (κ1) is 27.6. The van der Waals surface area contributed by atoms with E-state index in [0.717, 1.165) is 46.8 Å². The lowest BCUT2D eigenvalue weighted by Gasteiger charge is -2.16. The van der Waals surface area contributed by atoms with Crippen LogP contribution in [0.5, 0.6) is 17.2 Å². The van der Waals surface area contributed by atoms with Crippen LogP contribution in [0.2, 0.25) is 0 Å². The Hall–Kier alpha value is -3.56. The average molecular weight is 578 g/mol. The summed E-state index contributed by atoms with van der Waals surface area (Å²) in [6, 6.07) is 20.4. The molecule has 0 spiro atoms. The highest BCUT2D eigenvalue weighted by atomic mass is 32.2. The van der Waals surface area contributed by atoms with Crippen molar-refractivity contribution in [3.8, 4) is 28.4 Å². The number of benzene rings is 3. The number of rotatable bonds is 11. The molecule has 1 saturated heterocycles. The van der Waals surface area contributed by atoms with Crippen molar-refractivity contribution in [2.75, 3.05) is 39.2 Å². The second-order valence-electron chi connectivity index (χ2n) is 10.9. The second kappa shape index (κ2) is 11.7. The summed E-state index contributed by atoms with van der Waals surface area (Å²) in [6.07, 6.45) is 3.31. The van der Waals surface area contributed by atoms with Crippen molar-refractivity contribution in [3.63, 3.8) is 0 Å². The molecule has 3 aliphatic rings. The average Bonchev–Trinajstić information content (AvgIpc) is 3.68. The summed E-state index contributed by atoms with van der Waals surface area (Å²) in [4.78, 5) is 11.7. The molecule has 8 nitrogen and oxygen atoms in total. The van der Waals surface area contributed by atoms with Crippen molar-refractivity contribution in [3.05, 3.63) is 77.4 Å². The van der Waals surface area contributed by atoms with Gasteiger partial charge in [0.25, 0.3) is 0 Å². The predicted octanol–water partition coefficient (Wildman–Crippen LogP) is 5.26. The number of hydrogen-bond acceptors (Lipinski definition) is 7. The number of carbonyl (C=O) groups excluding carboxylic acids is 1. The third kappa shape index (κ3) is 6.36. The molecule has 2 fully saturated rings. The Bertz CT molecular complexity index is 1530. The summed E-state index contributed by atoms with van der Waals surface area (Å²) < 4.78 is 48.3. The Morgan fingerprint density at radius 1 is 1.00 bits per heavy atom. The van der Waals surface area contributed by atoms with Crippen molar-refractivity contribution in [2.24, 2.45) is 0 Å². The van der Waals surface area contributed by atoms with Gasteiger partial charge in [0.2, 0.25) is 10.0 Å². The predicted molar refractivity (Wildman–Crippen MR) is 155 cm³/mol. The molecule has 2 heterocycles. The summed E-state index contributed by atoms with van der Waals surface area (Å²) in [5, 5.41) is 0. The van der Waals surface area contributed by atoms with E-state index < -0.39 is 10.0 Å². The highest BCUT2D eigenvalue weighted by molar-refractivity contribution is 7.89. The Kier molecular flexibility index (Phi) is 7.90. The second-order valence-corrected chi connectivity index (χ2v) is 13.0. The van der Waals surface area contributed by atoms with E-state index in [1.54, 1.807) is 0 Å². The molecule has 0 bridgehead atoms. The third-order valence-electron chi connectivity index (χ3n) is 8.00. The van der Waals surface area contributed by atoms with Crippen molar-refractivity contribution >= 4 is 16.0 Å². The van der Waals surface area contributed by atoms with Crippen LogP contribution in [-0.4, -0.2) is 57.9 Å². The van der Waals surface area contributed by atoms with Crippen LogP contribution in [0.4, 0.5) is 0 Å². The molecule has 3 aromatic rings. The molecule has 41 heavy (non-hydrogen) atoms. The van der Waals surface area contributed by atoms with Gasteiger partial charge in [0, 0.05) is 30.6 Å². The summed E-state index contributed by atoms with van der Waals surface area (Å²) >= 11 is 0. The van der Waals surface area contributed by atoms with Gasteiger partial charge in [-0.1, -0.05) is 30.3 Å². The minimum absolute atomic E-state index is 0.00172. The fourth-order valence-corrected chi connectivity index (χ4v) is 7.14. The van der Waals surface area contributed by atoms with Crippen LogP contribution in [-0.2, 0) is 26.2 Å². The summed E-state index contributed by atoms with van der Waals surface area (Å²) in [6.45, 7) is 2.18. The normalized spacial score (nSPS) is 19.4. The van der Waals surface area contributed by atoms with Gasteiger partial charge in [-0.3, -0.25) is 4.79 Å². The first-order chi connectivity index (χ1) is 19.9. The molecule has 3 aromatic carbocycles. The largest absolute Gasteiger partial charge is 0.492 e. The zero-order valence-electron chi connectivity index (χ0n) is 23.2. The molecule has 9 heteroatoms. The maximum Gasteiger partial charge on any atom is 0.306 e. The lowest BCUT2D eigenvalue weighted by molar-refractivity contribution is -0.141. The van der Waals surface area contributed by atoms with Crippen LogP contribution >= 0.6 is 0 Å². The van der Waals surface area contributed by atoms with E-state index in [2.05, 4.69) is 36.4 Å². The molecule has 0 N–H and O–H groups in total. The van der Waals surface area contributed by atoms with Crippen molar-refractivity contribution in [1.82, 2.24) is 4.31 Å². The number of fused-ring (bicyclic) bond motifs is 1. The van der Waals surface area contributed by atoms with E-state index in [0.29, 0.717) is 51.7 Å². The monoisotopic (exact) mass is 577 g/mol. The summed E-state index contributed by atoms with van der Waals surface area (Å²) in [5.41, 5.74) is 5.65. The van der Waals surface area contributed by atoms with Crippen LogP contribution in [0.1, 0.15) is 54.2 Å². The summed E-state index contributed by atoms with van der Waals surface area (Å²) in [7, 11) is -1.71. The Balaban J connectivity index is 1.11. The SMILES string of the molecule is COC(=O)C[C@H]1COc2cc(OCc3cccc(-c4ccc(OCCN5CCCS5(=O)=O)cc4C4CC4)c3)ccc21. The number of ether oxygens (including phenoxy) is 4. The minimum Gasteiger partial charge on any atom is -0.492 e. The number of hydrogen-bond donors (Lipinski definition) is 0. The molecule has 2 aliphatic heterocycles. The van der Waals surface area contributed by atoms with Gasteiger partial charge in [-0.05, 0) is 71.7 Å². The minimum atomic E-state index is -3.11. The zero-order chi connectivity index (χ0) is 28.4. The number of sulfonamides is 1. The van der Waals surface area contributed by atoms with Gasteiger partial charge in [0.05, 0.1) is 25.9 Å². The first-order valence-corrected chi connectivity index (χ1v) is 15.8. The third-order valence-corrected chi connectivity index (χ3v) is 9.96. The fourth-order valence-electron chi connectivity index (χ4n) is 5.63. The standard InChI is InChI=1S/C32H35NO7S/c1-37-32(34)17-25-21-40-31-19-27(9-11-29(25)31)39-20-22-4-2-5-24(16-22)28-10-8-26(18-30(28)23-6-7-23)38-14-13-33-12-3-15-41(33,35)36/h2,4-5,8-11,16,18-19,23,25H,3,6-7,12-15,17,20-21H2,1H3/t25-/m0/s1. The van der Waals surface area contributed by atoms with Crippen LogP contribution in [0, 0.1) is 0 Å². The maximum atomic E-state index is 12.1. The topological polar surface area (TPSA) is 91.4 Å². The molecule has 1 atom stereocenters. The lowest BCUT2D eigenvalue weighted by atomic mass is 9.95. The van der Waals surface area contributed by atoms with Crippen molar-refractivity contribution in [2.45, 2.75) is 44.1 Å².